The lowest BCUT2D eigenvalue weighted by atomic mass is 10.1. The van der Waals surface area contributed by atoms with Crippen LogP contribution in [0, 0.1) is 12.8 Å². The maximum Gasteiger partial charge on any atom is 0.336 e. The Balaban J connectivity index is 2.12. The van der Waals surface area contributed by atoms with Crippen LogP contribution in [0.5, 0.6) is 11.5 Å². The van der Waals surface area contributed by atoms with Gasteiger partial charge in [-0.2, -0.15) is 0 Å². The number of hydrogen-bond donors (Lipinski definition) is 2. The van der Waals surface area contributed by atoms with Gasteiger partial charge in [0.2, 0.25) is 0 Å². The zero-order valence-corrected chi connectivity index (χ0v) is 14.6. The predicted molar refractivity (Wildman–Crippen MR) is 93.0 cm³/mol. The van der Waals surface area contributed by atoms with E-state index in [0.29, 0.717) is 29.5 Å². The van der Waals surface area contributed by atoms with Crippen molar-refractivity contribution in [1.29, 1.82) is 0 Å². The monoisotopic (exact) mass is 335 g/mol. The molecule has 0 amide bonds. The smallest absolute Gasteiger partial charge is 0.336 e. The maximum atomic E-state index is 11.5. The van der Waals surface area contributed by atoms with Crippen LogP contribution in [-0.2, 0) is 0 Å². The highest BCUT2D eigenvalue weighted by Crippen LogP contribution is 2.33. The fourth-order valence-electron chi connectivity index (χ4n) is 2.38. The minimum Gasteiger partial charge on any atom is -0.493 e. The molecule has 0 spiro atoms. The van der Waals surface area contributed by atoms with Crippen molar-refractivity contribution in [3.8, 4) is 11.5 Å². The van der Waals surface area contributed by atoms with Gasteiger partial charge in [0.05, 0.1) is 7.11 Å². The van der Waals surface area contributed by atoms with Crippen molar-refractivity contribution in [1.82, 2.24) is 5.32 Å². The molecule has 1 unspecified atom stereocenters. The highest BCUT2D eigenvalue weighted by molar-refractivity contribution is 5.83. The Bertz CT molecular complexity index is 738. The van der Waals surface area contributed by atoms with Crippen molar-refractivity contribution in [2.24, 2.45) is 5.92 Å². The average Bonchev–Trinajstić information content (AvgIpc) is 2.51. The molecular formula is C18H25NO5. The van der Waals surface area contributed by atoms with Gasteiger partial charge in [0, 0.05) is 24.1 Å². The summed E-state index contributed by atoms with van der Waals surface area (Å²) in [5.41, 5.74) is 0.846. The van der Waals surface area contributed by atoms with Crippen molar-refractivity contribution in [3.63, 3.8) is 0 Å². The van der Waals surface area contributed by atoms with E-state index in [2.05, 4.69) is 19.2 Å². The molecule has 0 aliphatic carbocycles. The highest BCUT2D eigenvalue weighted by Gasteiger charge is 2.13. The summed E-state index contributed by atoms with van der Waals surface area (Å²) >= 11 is 0. The van der Waals surface area contributed by atoms with Crippen molar-refractivity contribution in [3.05, 3.63) is 34.2 Å². The SMILES string of the molecule is COc1cc2oc(=O)cc(C)c2cc1OCC(O)CNCC(C)C. The number of aryl methyl sites for hydroxylation is 1. The van der Waals surface area contributed by atoms with E-state index in [-0.39, 0.29) is 6.61 Å². The Morgan fingerprint density at radius 3 is 2.62 bits per heavy atom. The normalized spacial score (nSPS) is 12.6. The van der Waals surface area contributed by atoms with E-state index >= 15 is 0 Å². The number of rotatable bonds is 8. The third kappa shape index (κ3) is 4.72. The Morgan fingerprint density at radius 1 is 1.21 bits per heavy atom. The first kappa shape index (κ1) is 18.3. The second-order valence-corrected chi connectivity index (χ2v) is 6.26. The van der Waals surface area contributed by atoms with Crippen LogP contribution in [0.3, 0.4) is 0 Å². The number of fused-ring (bicyclic) bond motifs is 1. The number of aliphatic hydroxyl groups is 1. The Hall–Kier alpha value is -2.05. The third-order valence-electron chi connectivity index (χ3n) is 3.60. The molecule has 0 aliphatic heterocycles. The minimum absolute atomic E-state index is 0.142. The van der Waals surface area contributed by atoms with Gasteiger partial charge < -0.3 is 24.3 Å². The summed E-state index contributed by atoms with van der Waals surface area (Å²) in [6.07, 6.45) is -0.626. The number of nitrogens with one attached hydrogen (secondary N) is 1. The van der Waals surface area contributed by atoms with Crippen LogP contribution >= 0.6 is 0 Å². The van der Waals surface area contributed by atoms with Gasteiger partial charge in [-0.05, 0) is 31.0 Å². The Kier molecular flexibility index (Phi) is 6.23. The van der Waals surface area contributed by atoms with Gasteiger partial charge in [-0.3, -0.25) is 0 Å². The molecule has 6 heteroatoms. The van der Waals surface area contributed by atoms with Crippen molar-refractivity contribution >= 4 is 11.0 Å². The molecule has 0 saturated heterocycles. The number of aliphatic hydroxyl groups excluding tert-OH is 1. The molecule has 0 radical (unpaired) electrons. The van der Waals surface area contributed by atoms with E-state index in [4.69, 9.17) is 13.9 Å². The topological polar surface area (TPSA) is 80.9 Å². The van der Waals surface area contributed by atoms with Crippen LogP contribution in [0.4, 0.5) is 0 Å². The largest absolute Gasteiger partial charge is 0.493 e. The molecule has 6 nitrogen and oxygen atoms in total. The van der Waals surface area contributed by atoms with E-state index < -0.39 is 11.7 Å². The van der Waals surface area contributed by atoms with E-state index in [1.165, 1.54) is 13.2 Å². The summed E-state index contributed by atoms with van der Waals surface area (Å²) in [6.45, 7) is 7.49. The number of methoxy groups -OCH3 is 1. The molecule has 0 bridgehead atoms. The molecule has 1 aromatic heterocycles. The molecule has 0 saturated carbocycles. The Labute approximate surface area is 141 Å². The van der Waals surface area contributed by atoms with E-state index in [1.54, 1.807) is 12.1 Å². The number of hydrogen-bond acceptors (Lipinski definition) is 6. The van der Waals surface area contributed by atoms with Crippen LogP contribution < -0.4 is 20.4 Å². The fourth-order valence-corrected chi connectivity index (χ4v) is 2.38. The first-order valence-electron chi connectivity index (χ1n) is 8.04. The fraction of sp³-hybridized carbons (Fsp3) is 0.500. The highest BCUT2D eigenvalue weighted by atomic mass is 16.5. The summed E-state index contributed by atoms with van der Waals surface area (Å²) in [5, 5.41) is 14.0. The van der Waals surface area contributed by atoms with Crippen LogP contribution in [0.1, 0.15) is 19.4 Å². The molecule has 2 aromatic rings. The van der Waals surface area contributed by atoms with Crippen LogP contribution in [0.25, 0.3) is 11.0 Å². The lowest BCUT2D eigenvalue weighted by Crippen LogP contribution is -2.33. The van der Waals surface area contributed by atoms with Crippen LogP contribution in [0.15, 0.2) is 27.4 Å². The van der Waals surface area contributed by atoms with Gasteiger partial charge in [-0.15, -0.1) is 0 Å². The molecule has 1 heterocycles. The summed E-state index contributed by atoms with van der Waals surface area (Å²) in [4.78, 5) is 11.5. The molecule has 2 N–H and O–H groups in total. The molecule has 2 rings (SSSR count). The Morgan fingerprint density at radius 2 is 1.96 bits per heavy atom. The lowest BCUT2D eigenvalue weighted by Gasteiger charge is -2.16. The molecular weight excluding hydrogens is 310 g/mol. The van der Waals surface area contributed by atoms with Crippen molar-refractivity contribution in [2.45, 2.75) is 26.9 Å². The first-order chi connectivity index (χ1) is 11.4. The second-order valence-electron chi connectivity index (χ2n) is 6.26. The second kappa shape index (κ2) is 8.17. The lowest BCUT2D eigenvalue weighted by molar-refractivity contribution is 0.104. The van der Waals surface area contributed by atoms with Crippen molar-refractivity contribution in [2.75, 3.05) is 26.8 Å². The molecule has 0 aliphatic rings. The van der Waals surface area contributed by atoms with Gasteiger partial charge in [0.1, 0.15) is 18.3 Å². The standard InChI is InChI=1S/C18H25NO5/c1-11(2)8-19-9-13(20)10-23-17-6-14-12(3)5-18(21)24-15(14)7-16(17)22-4/h5-7,11,13,19-20H,8-10H2,1-4H3. The predicted octanol–water partition coefficient (Wildman–Crippen LogP) is 2.10. The summed E-state index contributed by atoms with van der Waals surface area (Å²) in [6, 6.07) is 4.83. The van der Waals surface area contributed by atoms with E-state index in [9.17, 15) is 9.90 Å². The zero-order chi connectivity index (χ0) is 17.7. The molecule has 1 aromatic carbocycles. The van der Waals surface area contributed by atoms with Crippen LogP contribution in [-0.4, -0.2) is 38.0 Å². The summed E-state index contributed by atoms with van der Waals surface area (Å²) in [5.74, 6) is 1.49. The quantitative estimate of drug-likeness (QED) is 0.719. The summed E-state index contributed by atoms with van der Waals surface area (Å²) in [7, 11) is 1.52. The first-order valence-corrected chi connectivity index (χ1v) is 8.04. The van der Waals surface area contributed by atoms with Gasteiger partial charge in [0.15, 0.2) is 11.5 Å². The van der Waals surface area contributed by atoms with Gasteiger partial charge in [-0.1, -0.05) is 13.8 Å². The molecule has 1 atom stereocenters. The van der Waals surface area contributed by atoms with E-state index in [0.717, 1.165) is 17.5 Å². The van der Waals surface area contributed by atoms with Gasteiger partial charge in [-0.25, -0.2) is 4.79 Å². The van der Waals surface area contributed by atoms with Gasteiger partial charge in [0.25, 0.3) is 0 Å². The molecule has 24 heavy (non-hydrogen) atoms. The average molecular weight is 335 g/mol. The third-order valence-corrected chi connectivity index (χ3v) is 3.60. The molecule has 0 fully saturated rings. The number of ether oxygens (including phenoxy) is 2. The maximum absolute atomic E-state index is 11.5. The van der Waals surface area contributed by atoms with Crippen LogP contribution in [0.2, 0.25) is 0 Å². The van der Waals surface area contributed by atoms with Gasteiger partial charge >= 0.3 is 5.63 Å². The summed E-state index contributed by atoms with van der Waals surface area (Å²) < 4.78 is 16.2. The van der Waals surface area contributed by atoms with E-state index in [1.807, 2.05) is 6.92 Å². The van der Waals surface area contributed by atoms with Crippen molar-refractivity contribution < 1.29 is 19.0 Å². The molecule has 132 valence electrons. The number of benzene rings is 1. The zero-order valence-electron chi connectivity index (χ0n) is 14.6. The minimum atomic E-state index is -0.626.